The summed E-state index contributed by atoms with van der Waals surface area (Å²) in [4.78, 5) is 24.4. The van der Waals surface area contributed by atoms with E-state index in [9.17, 15) is 22.8 Å². The Labute approximate surface area is 163 Å². The number of carbonyl (C=O) groups is 2. The zero-order valence-corrected chi connectivity index (χ0v) is 15.9. The normalized spacial score (nSPS) is 11.4. The minimum Gasteiger partial charge on any atom is -0.350 e. The molecule has 2 amide bonds. The van der Waals surface area contributed by atoms with E-state index in [-0.39, 0.29) is 44.9 Å². The van der Waals surface area contributed by atoms with Gasteiger partial charge in [0.1, 0.15) is 0 Å². The van der Waals surface area contributed by atoms with E-state index in [1.807, 2.05) is 13.8 Å². The second-order valence-corrected chi connectivity index (χ2v) is 7.39. The van der Waals surface area contributed by atoms with Crippen LogP contribution >= 0.6 is 23.4 Å². The summed E-state index contributed by atoms with van der Waals surface area (Å²) in [5, 5.41) is 5.52. The third kappa shape index (κ3) is 6.48. The van der Waals surface area contributed by atoms with Crippen molar-refractivity contribution in [3.63, 3.8) is 0 Å². The lowest BCUT2D eigenvalue weighted by Gasteiger charge is -2.12. The molecule has 27 heavy (non-hydrogen) atoms. The van der Waals surface area contributed by atoms with Crippen molar-refractivity contribution in [3.8, 4) is 0 Å². The molecule has 2 rings (SSSR count). The summed E-state index contributed by atoms with van der Waals surface area (Å²) in [6.07, 6.45) is 0. The maximum absolute atomic E-state index is 12.4. The highest BCUT2D eigenvalue weighted by Gasteiger charge is 2.29. The predicted molar refractivity (Wildman–Crippen MR) is 100 cm³/mol. The third-order valence-electron chi connectivity index (χ3n) is 3.25. The van der Waals surface area contributed by atoms with Crippen molar-refractivity contribution >= 4 is 40.9 Å². The topological polar surface area (TPSA) is 58.2 Å². The minimum absolute atomic E-state index is 0.0237. The molecule has 144 valence electrons. The van der Waals surface area contributed by atoms with Crippen molar-refractivity contribution in [2.45, 2.75) is 30.3 Å². The smallest absolute Gasteiger partial charge is 0.350 e. The van der Waals surface area contributed by atoms with Gasteiger partial charge in [0.25, 0.3) is 11.8 Å². The van der Waals surface area contributed by atoms with Gasteiger partial charge in [-0.25, -0.2) is 0 Å². The molecule has 0 unspecified atom stereocenters. The van der Waals surface area contributed by atoms with Crippen LogP contribution in [0.1, 0.15) is 34.6 Å². The first-order chi connectivity index (χ1) is 12.5. The molecular weight excluding hydrogens is 401 g/mol. The molecule has 0 saturated carbocycles. The van der Waals surface area contributed by atoms with E-state index < -0.39 is 11.4 Å². The molecular formula is C18H16ClF3N2O2S. The van der Waals surface area contributed by atoms with Crippen molar-refractivity contribution in [1.82, 2.24) is 5.32 Å². The molecule has 0 saturated heterocycles. The minimum atomic E-state index is -4.39. The van der Waals surface area contributed by atoms with E-state index in [1.54, 1.807) is 0 Å². The molecule has 0 fully saturated rings. The molecule has 0 radical (unpaired) electrons. The number of hydrogen-bond donors (Lipinski definition) is 2. The summed E-state index contributed by atoms with van der Waals surface area (Å²) < 4.78 is 37.1. The van der Waals surface area contributed by atoms with E-state index in [0.717, 1.165) is 0 Å². The highest BCUT2D eigenvalue weighted by Crippen LogP contribution is 2.36. The van der Waals surface area contributed by atoms with Crippen molar-refractivity contribution in [1.29, 1.82) is 0 Å². The fourth-order valence-electron chi connectivity index (χ4n) is 2.11. The number of hydrogen-bond acceptors (Lipinski definition) is 3. The lowest BCUT2D eigenvalue weighted by atomic mass is 10.1. The Balaban J connectivity index is 2.14. The Kier molecular flexibility index (Phi) is 6.78. The zero-order valence-electron chi connectivity index (χ0n) is 14.4. The number of amides is 2. The maximum Gasteiger partial charge on any atom is 0.446 e. The SMILES string of the molecule is CC(C)NC(=O)c1ccc(Cl)c(NC(=O)c2ccc(SC(F)(F)F)cc2)c1. The molecule has 0 aliphatic carbocycles. The Hall–Kier alpha value is -2.19. The Bertz CT molecular complexity index is 839. The van der Waals surface area contributed by atoms with Gasteiger partial charge in [-0.1, -0.05) is 11.6 Å². The van der Waals surface area contributed by atoms with Gasteiger partial charge in [0, 0.05) is 22.1 Å². The Morgan fingerprint density at radius 2 is 1.59 bits per heavy atom. The van der Waals surface area contributed by atoms with E-state index in [2.05, 4.69) is 10.6 Å². The van der Waals surface area contributed by atoms with Gasteiger partial charge >= 0.3 is 5.51 Å². The summed E-state index contributed by atoms with van der Waals surface area (Å²) in [5.74, 6) is -0.868. The summed E-state index contributed by atoms with van der Waals surface area (Å²) in [6.45, 7) is 3.63. The number of nitrogens with one attached hydrogen (secondary N) is 2. The lowest BCUT2D eigenvalue weighted by Crippen LogP contribution is -2.30. The number of benzene rings is 2. The molecule has 2 N–H and O–H groups in total. The number of halogens is 4. The first-order valence-corrected chi connectivity index (χ1v) is 9.02. The fourth-order valence-corrected chi connectivity index (χ4v) is 2.81. The number of anilines is 1. The molecule has 2 aromatic rings. The van der Waals surface area contributed by atoms with Crippen LogP contribution < -0.4 is 10.6 Å². The second-order valence-electron chi connectivity index (χ2n) is 5.85. The van der Waals surface area contributed by atoms with Crippen LogP contribution in [0.25, 0.3) is 0 Å². The van der Waals surface area contributed by atoms with Crippen LogP contribution in [-0.4, -0.2) is 23.4 Å². The van der Waals surface area contributed by atoms with Crippen LogP contribution in [0.4, 0.5) is 18.9 Å². The first-order valence-electron chi connectivity index (χ1n) is 7.83. The Morgan fingerprint density at radius 1 is 1.00 bits per heavy atom. The van der Waals surface area contributed by atoms with Gasteiger partial charge < -0.3 is 10.6 Å². The average molecular weight is 417 g/mol. The summed E-state index contributed by atoms with van der Waals surface area (Å²) in [6, 6.07) is 9.38. The molecule has 0 aliphatic rings. The summed E-state index contributed by atoms with van der Waals surface area (Å²) >= 11 is 5.80. The zero-order chi connectivity index (χ0) is 20.2. The van der Waals surface area contributed by atoms with Gasteiger partial charge in [-0.05, 0) is 68.1 Å². The van der Waals surface area contributed by atoms with Gasteiger partial charge in [-0.2, -0.15) is 13.2 Å². The van der Waals surface area contributed by atoms with Crippen LogP contribution in [0.2, 0.25) is 5.02 Å². The highest BCUT2D eigenvalue weighted by atomic mass is 35.5. The number of carbonyl (C=O) groups excluding carboxylic acids is 2. The van der Waals surface area contributed by atoms with Gasteiger partial charge in [0.2, 0.25) is 0 Å². The van der Waals surface area contributed by atoms with E-state index in [1.165, 1.54) is 42.5 Å². The maximum atomic E-state index is 12.4. The molecule has 4 nitrogen and oxygen atoms in total. The highest BCUT2D eigenvalue weighted by molar-refractivity contribution is 8.00. The van der Waals surface area contributed by atoms with Crippen LogP contribution in [0.5, 0.6) is 0 Å². The molecule has 0 heterocycles. The molecule has 0 aliphatic heterocycles. The molecule has 9 heteroatoms. The van der Waals surface area contributed by atoms with Crippen molar-refractivity contribution < 1.29 is 22.8 Å². The van der Waals surface area contributed by atoms with Gasteiger partial charge in [0.15, 0.2) is 0 Å². The third-order valence-corrected chi connectivity index (χ3v) is 4.32. The van der Waals surface area contributed by atoms with Crippen LogP contribution in [-0.2, 0) is 0 Å². The molecule has 0 aromatic heterocycles. The number of thioether (sulfide) groups is 1. The van der Waals surface area contributed by atoms with Crippen LogP contribution in [0.3, 0.4) is 0 Å². The van der Waals surface area contributed by atoms with E-state index in [4.69, 9.17) is 11.6 Å². The van der Waals surface area contributed by atoms with Gasteiger partial charge in [0.05, 0.1) is 10.7 Å². The molecule has 2 aromatic carbocycles. The largest absolute Gasteiger partial charge is 0.446 e. The fraction of sp³-hybridized carbons (Fsp3) is 0.222. The van der Waals surface area contributed by atoms with Gasteiger partial charge in [-0.3, -0.25) is 9.59 Å². The quantitative estimate of drug-likeness (QED) is 0.646. The monoisotopic (exact) mass is 416 g/mol. The predicted octanol–water partition coefficient (Wildman–Crippen LogP) is 5.34. The van der Waals surface area contributed by atoms with Gasteiger partial charge in [-0.15, -0.1) is 0 Å². The summed E-state index contributed by atoms with van der Waals surface area (Å²) in [5.41, 5.74) is -3.68. The van der Waals surface area contributed by atoms with E-state index >= 15 is 0 Å². The second kappa shape index (κ2) is 8.67. The van der Waals surface area contributed by atoms with Crippen molar-refractivity contribution in [3.05, 3.63) is 58.6 Å². The molecule has 0 bridgehead atoms. The molecule has 0 spiro atoms. The average Bonchev–Trinajstić information content (AvgIpc) is 2.55. The molecule has 0 atom stereocenters. The Morgan fingerprint density at radius 3 is 2.15 bits per heavy atom. The van der Waals surface area contributed by atoms with Crippen LogP contribution in [0, 0.1) is 0 Å². The number of alkyl halides is 3. The van der Waals surface area contributed by atoms with Crippen molar-refractivity contribution in [2.75, 3.05) is 5.32 Å². The van der Waals surface area contributed by atoms with Crippen molar-refractivity contribution in [2.24, 2.45) is 0 Å². The summed E-state index contributed by atoms with van der Waals surface area (Å²) in [7, 11) is 0. The lowest BCUT2D eigenvalue weighted by molar-refractivity contribution is -0.0328. The first kappa shape index (κ1) is 21.1. The van der Waals surface area contributed by atoms with Crippen LogP contribution in [0.15, 0.2) is 47.4 Å². The van der Waals surface area contributed by atoms with E-state index in [0.29, 0.717) is 5.56 Å². The number of rotatable bonds is 5. The standard InChI is InChI=1S/C18H16ClF3N2O2S/c1-10(2)23-17(26)12-5-8-14(19)15(9-12)24-16(25)11-3-6-13(7-4-11)27-18(20,21)22/h3-10H,1-2H3,(H,23,26)(H,24,25).